The van der Waals surface area contributed by atoms with Crippen LogP contribution in [0.3, 0.4) is 0 Å². The topological polar surface area (TPSA) is 61.8 Å². The number of carbonyl (C=O) groups excluding carboxylic acids is 2. The summed E-state index contributed by atoms with van der Waals surface area (Å²) in [7, 11) is 0. The van der Waals surface area contributed by atoms with Crippen LogP contribution in [0.25, 0.3) is 0 Å². The van der Waals surface area contributed by atoms with Crippen molar-refractivity contribution in [2.24, 2.45) is 0 Å². The molecule has 0 aliphatic carbocycles. The van der Waals surface area contributed by atoms with Gasteiger partial charge in [-0.2, -0.15) is 0 Å². The van der Waals surface area contributed by atoms with Gasteiger partial charge in [0, 0.05) is 10.6 Å². The maximum Gasteiger partial charge on any atom is 0.310 e. The van der Waals surface area contributed by atoms with Crippen LogP contribution < -0.4 is 9.47 Å². The fraction of sp³-hybridized carbons (Fsp3) is 0.222. The highest BCUT2D eigenvalue weighted by Crippen LogP contribution is 2.30. The van der Waals surface area contributed by atoms with E-state index in [4.69, 9.17) is 25.8 Å². The van der Waals surface area contributed by atoms with Crippen LogP contribution in [0, 0.1) is 0 Å². The van der Waals surface area contributed by atoms with Crippen molar-refractivity contribution in [1.29, 1.82) is 0 Å². The van der Waals surface area contributed by atoms with Gasteiger partial charge in [0.05, 0.1) is 6.42 Å². The Morgan fingerprint density at radius 3 is 2.58 bits per heavy atom. The molecule has 2 aromatic rings. The third kappa shape index (κ3) is 3.86. The van der Waals surface area contributed by atoms with Crippen molar-refractivity contribution in [2.45, 2.75) is 6.42 Å². The van der Waals surface area contributed by atoms with Crippen LogP contribution in [-0.4, -0.2) is 31.6 Å². The monoisotopic (exact) mass is 346 g/mol. The second kappa shape index (κ2) is 7.36. The van der Waals surface area contributed by atoms with Gasteiger partial charge in [0.1, 0.15) is 13.2 Å². The third-order valence-corrected chi connectivity index (χ3v) is 3.89. The largest absolute Gasteiger partial charge is 0.486 e. The number of ether oxygens (including phenoxy) is 3. The van der Waals surface area contributed by atoms with E-state index in [0.29, 0.717) is 40.9 Å². The van der Waals surface area contributed by atoms with Crippen molar-refractivity contribution in [3.05, 3.63) is 58.6 Å². The molecular weight excluding hydrogens is 332 g/mol. The van der Waals surface area contributed by atoms with Crippen molar-refractivity contribution in [3.8, 4) is 11.5 Å². The first kappa shape index (κ1) is 16.3. The van der Waals surface area contributed by atoms with Crippen LogP contribution in [0.2, 0.25) is 5.02 Å². The van der Waals surface area contributed by atoms with Gasteiger partial charge in [-0.05, 0) is 29.8 Å². The molecule has 0 N–H and O–H groups in total. The third-order valence-electron chi connectivity index (χ3n) is 3.52. The molecule has 1 aliphatic rings. The lowest BCUT2D eigenvalue weighted by atomic mass is 10.1. The minimum absolute atomic E-state index is 0.0219. The number of Topliss-reactive ketones (excluding diaryl/α,β-unsaturated/α-hetero) is 1. The lowest BCUT2D eigenvalue weighted by Gasteiger charge is -2.18. The van der Waals surface area contributed by atoms with E-state index in [1.807, 2.05) is 0 Å². The Morgan fingerprint density at radius 2 is 1.79 bits per heavy atom. The summed E-state index contributed by atoms with van der Waals surface area (Å²) in [5, 5.41) is 0.493. The first-order chi connectivity index (χ1) is 11.6. The van der Waals surface area contributed by atoms with E-state index < -0.39 is 5.97 Å². The van der Waals surface area contributed by atoms with Gasteiger partial charge in [-0.3, -0.25) is 9.59 Å². The van der Waals surface area contributed by atoms with Gasteiger partial charge in [-0.25, -0.2) is 0 Å². The number of hydrogen-bond acceptors (Lipinski definition) is 5. The lowest BCUT2D eigenvalue weighted by molar-refractivity contribution is -0.141. The average molecular weight is 347 g/mol. The first-order valence-electron chi connectivity index (χ1n) is 7.45. The van der Waals surface area contributed by atoms with Crippen molar-refractivity contribution >= 4 is 23.4 Å². The van der Waals surface area contributed by atoms with E-state index in [0.717, 1.165) is 0 Å². The number of rotatable bonds is 5. The number of hydrogen-bond donors (Lipinski definition) is 0. The Morgan fingerprint density at radius 1 is 1.04 bits per heavy atom. The van der Waals surface area contributed by atoms with Gasteiger partial charge >= 0.3 is 5.97 Å². The number of fused-ring (bicyclic) bond motifs is 1. The molecule has 3 rings (SSSR count). The van der Waals surface area contributed by atoms with Crippen LogP contribution in [0.5, 0.6) is 11.5 Å². The molecule has 0 spiro atoms. The quantitative estimate of drug-likeness (QED) is 0.615. The number of benzene rings is 2. The van der Waals surface area contributed by atoms with Gasteiger partial charge in [-0.1, -0.05) is 29.8 Å². The number of carbonyl (C=O) groups is 2. The fourth-order valence-corrected chi connectivity index (χ4v) is 2.50. The summed E-state index contributed by atoms with van der Waals surface area (Å²) in [6, 6.07) is 11.9. The minimum Gasteiger partial charge on any atom is -0.486 e. The van der Waals surface area contributed by atoms with Crippen LogP contribution in [0.15, 0.2) is 42.5 Å². The smallest absolute Gasteiger partial charge is 0.310 e. The predicted octanol–water partition coefficient (Wildman–Crippen LogP) is 3.08. The molecule has 5 nitrogen and oxygen atoms in total. The summed E-state index contributed by atoms with van der Waals surface area (Å²) in [5.41, 5.74) is 1.07. The second-order valence-electron chi connectivity index (χ2n) is 5.21. The highest BCUT2D eigenvalue weighted by Gasteiger charge is 2.16. The molecule has 6 heteroatoms. The van der Waals surface area contributed by atoms with E-state index in [2.05, 4.69) is 0 Å². The van der Waals surface area contributed by atoms with Crippen molar-refractivity contribution < 1.29 is 23.8 Å². The molecule has 0 fully saturated rings. The molecule has 124 valence electrons. The Labute approximate surface area is 144 Å². The first-order valence-corrected chi connectivity index (χ1v) is 7.83. The minimum atomic E-state index is -0.506. The predicted molar refractivity (Wildman–Crippen MR) is 87.9 cm³/mol. The summed E-state index contributed by atoms with van der Waals surface area (Å²) < 4.78 is 15.9. The van der Waals surface area contributed by atoms with E-state index in [1.165, 1.54) is 0 Å². The molecule has 0 atom stereocenters. The Bertz CT molecular complexity index is 772. The SMILES string of the molecule is O=C(Cc1ccccc1Cl)OCC(=O)c1ccc2c(c1)OCCO2. The highest BCUT2D eigenvalue weighted by molar-refractivity contribution is 6.31. The molecule has 1 heterocycles. The van der Waals surface area contributed by atoms with Gasteiger partial charge in [0.15, 0.2) is 23.9 Å². The Hall–Kier alpha value is -2.53. The molecule has 0 aromatic heterocycles. The molecule has 0 saturated heterocycles. The Balaban J connectivity index is 1.57. The van der Waals surface area contributed by atoms with Gasteiger partial charge in [0.25, 0.3) is 0 Å². The Kier molecular flexibility index (Phi) is 5.01. The number of ketones is 1. The van der Waals surface area contributed by atoms with Crippen LogP contribution in [-0.2, 0) is 16.0 Å². The number of esters is 1. The second-order valence-corrected chi connectivity index (χ2v) is 5.62. The molecule has 24 heavy (non-hydrogen) atoms. The zero-order valence-corrected chi connectivity index (χ0v) is 13.5. The summed E-state index contributed by atoms with van der Waals surface area (Å²) >= 11 is 5.99. The van der Waals surface area contributed by atoms with E-state index in [1.54, 1.807) is 42.5 Å². The van der Waals surface area contributed by atoms with Crippen molar-refractivity contribution in [3.63, 3.8) is 0 Å². The van der Waals surface area contributed by atoms with E-state index in [9.17, 15) is 9.59 Å². The molecule has 0 amide bonds. The van der Waals surface area contributed by atoms with Gasteiger partial charge in [-0.15, -0.1) is 0 Å². The molecule has 0 saturated carbocycles. The van der Waals surface area contributed by atoms with Crippen LogP contribution >= 0.6 is 11.6 Å². The molecular formula is C18H15ClO5. The maximum atomic E-state index is 12.2. The number of halogens is 1. The van der Waals surface area contributed by atoms with Gasteiger partial charge in [0.2, 0.25) is 0 Å². The van der Waals surface area contributed by atoms with E-state index in [-0.39, 0.29) is 18.8 Å². The van der Waals surface area contributed by atoms with Gasteiger partial charge < -0.3 is 14.2 Å². The average Bonchev–Trinajstić information content (AvgIpc) is 2.61. The van der Waals surface area contributed by atoms with Crippen molar-refractivity contribution in [2.75, 3.05) is 19.8 Å². The molecule has 0 unspecified atom stereocenters. The molecule has 0 bridgehead atoms. The molecule has 1 aliphatic heterocycles. The molecule has 2 aromatic carbocycles. The summed E-state index contributed by atoms with van der Waals surface area (Å²) in [4.78, 5) is 24.0. The van der Waals surface area contributed by atoms with Crippen LogP contribution in [0.4, 0.5) is 0 Å². The highest BCUT2D eigenvalue weighted by atomic mass is 35.5. The molecule has 0 radical (unpaired) electrons. The standard InChI is InChI=1S/C18H15ClO5/c19-14-4-2-1-3-12(14)10-18(21)24-11-15(20)13-5-6-16-17(9-13)23-8-7-22-16/h1-6,9H,7-8,10-11H2. The summed E-state index contributed by atoms with van der Waals surface area (Å²) in [6.07, 6.45) is 0.0219. The normalized spacial score (nSPS) is 12.5. The lowest BCUT2D eigenvalue weighted by Crippen LogP contribution is -2.18. The summed E-state index contributed by atoms with van der Waals surface area (Å²) in [6.45, 7) is 0.598. The van der Waals surface area contributed by atoms with Crippen molar-refractivity contribution in [1.82, 2.24) is 0 Å². The van der Waals surface area contributed by atoms with Crippen LogP contribution in [0.1, 0.15) is 15.9 Å². The summed E-state index contributed by atoms with van der Waals surface area (Å²) in [5.74, 6) is 0.316. The zero-order valence-electron chi connectivity index (χ0n) is 12.8. The zero-order chi connectivity index (χ0) is 16.9. The maximum absolute atomic E-state index is 12.2. The van der Waals surface area contributed by atoms with E-state index >= 15 is 0 Å². The fourth-order valence-electron chi connectivity index (χ4n) is 2.29.